The van der Waals surface area contributed by atoms with E-state index >= 15 is 0 Å². The molecule has 3 nitrogen and oxygen atoms in total. The van der Waals surface area contributed by atoms with Gasteiger partial charge in [-0.1, -0.05) is 79.2 Å². The van der Waals surface area contributed by atoms with Crippen LogP contribution in [0.1, 0.15) is 23.6 Å². The molecule has 0 fully saturated rings. The Hall–Kier alpha value is -2.39. The normalized spacial score (nSPS) is 10.6. The van der Waals surface area contributed by atoms with Crippen LogP contribution >= 0.6 is 11.6 Å². The van der Waals surface area contributed by atoms with E-state index in [1.165, 1.54) is 11.1 Å². The number of hydrogen-bond donors (Lipinski definition) is 0. The average molecular weight is 338 g/mol. The summed E-state index contributed by atoms with van der Waals surface area (Å²) in [4.78, 5) is 10.9. The minimum Gasteiger partial charge on any atom is -0.348 e. The Morgan fingerprint density at radius 3 is 1.88 bits per heavy atom. The van der Waals surface area contributed by atoms with Gasteiger partial charge in [0.25, 0.3) is 0 Å². The van der Waals surface area contributed by atoms with Gasteiger partial charge in [0.15, 0.2) is 0 Å². The van der Waals surface area contributed by atoms with Crippen molar-refractivity contribution in [1.82, 2.24) is 9.97 Å². The highest BCUT2D eigenvalue weighted by Crippen LogP contribution is 2.26. The molecule has 2 aromatic carbocycles. The van der Waals surface area contributed by atoms with Crippen molar-refractivity contribution >= 4 is 17.4 Å². The van der Waals surface area contributed by atoms with Crippen molar-refractivity contribution in [3.63, 3.8) is 0 Å². The highest BCUT2D eigenvalue weighted by Gasteiger charge is 2.16. The first-order valence-corrected chi connectivity index (χ1v) is 8.48. The van der Waals surface area contributed by atoms with Gasteiger partial charge in [0.2, 0.25) is 0 Å². The lowest BCUT2D eigenvalue weighted by atomic mass is 10.1. The monoisotopic (exact) mass is 337 g/mol. The minimum absolute atomic E-state index is 0.536. The molecule has 0 bridgehead atoms. The Kier molecular flexibility index (Phi) is 5.44. The number of aromatic nitrogens is 2. The fraction of sp³-hybridized carbons (Fsp3) is 0.200. The third-order valence-electron chi connectivity index (χ3n) is 3.96. The molecule has 0 radical (unpaired) electrons. The van der Waals surface area contributed by atoms with Crippen LogP contribution in [0.4, 0.5) is 5.82 Å². The third kappa shape index (κ3) is 3.92. The maximum atomic E-state index is 6.30. The highest BCUT2D eigenvalue weighted by molar-refractivity contribution is 6.30. The molecule has 0 saturated heterocycles. The molecule has 24 heavy (non-hydrogen) atoms. The SMILES string of the molecule is CCc1c(Cl)ncnc1N(Cc1ccccc1)Cc1ccccc1. The second kappa shape index (κ2) is 7.93. The van der Waals surface area contributed by atoms with E-state index in [1.807, 2.05) is 12.1 Å². The van der Waals surface area contributed by atoms with Crippen LogP contribution in [0.3, 0.4) is 0 Å². The second-order valence-corrected chi connectivity index (χ2v) is 6.01. The lowest BCUT2D eigenvalue weighted by Gasteiger charge is -2.26. The molecule has 0 aliphatic heterocycles. The zero-order valence-corrected chi connectivity index (χ0v) is 14.4. The quantitative estimate of drug-likeness (QED) is 0.599. The molecule has 4 heteroatoms. The smallest absolute Gasteiger partial charge is 0.137 e. The van der Waals surface area contributed by atoms with Crippen LogP contribution in [0.5, 0.6) is 0 Å². The summed E-state index contributed by atoms with van der Waals surface area (Å²) >= 11 is 6.30. The Morgan fingerprint density at radius 2 is 1.38 bits per heavy atom. The van der Waals surface area contributed by atoms with Gasteiger partial charge in [-0.3, -0.25) is 0 Å². The summed E-state index contributed by atoms with van der Waals surface area (Å²) in [5, 5.41) is 0.536. The summed E-state index contributed by atoms with van der Waals surface area (Å²) < 4.78 is 0. The summed E-state index contributed by atoms with van der Waals surface area (Å²) in [5.74, 6) is 0.908. The van der Waals surface area contributed by atoms with Crippen LogP contribution in [0.15, 0.2) is 67.0 Å². The third-order valence-corrected chi connectivity index (χ3v) is 4.28. The van der Waals surface area contributed by atoms with Gasteiger partial charge in [0.1, 0.15) is 17.3 Å². The lowest BCUT2D eigenvalue weighted by Crippen LogP contribution is -2.24. The van der Waals surface area contributed by atoms with E-state index in [1.54, 1.807) is 6.33 Å². The van der Waals surface area contributed by atoms with Crippen molar-refractivity contribution in [1.29, 1.82) is 0 Å². The van der Waals surface area contributed by atoms with Crippen LogP contribution in [-0.4, -0.2) is 9.97 Å². The summed E-state index contributed by atoms with van der Waals surface area (Å²) in [5.41, 5.74) is 3.47. The van der Waals surface area contributed by atoms with Crippen molar-refractivity contribution in [2.45, 2.75) is 26.4 Å². The zero-order chi connectivity index (χ0) is 16.8. The Labute approximate surface area is 148 Å². The van der Waals surface area contributed by atoms with Crippen LogP contribution in [0.2, 0.25) is 5.15 Å². The number of rotatable bonds is 6. The minimum atomic E-state index is 0.536. The average Bonchev–Trinajstić information content (AvgIpc) is 2.63. The molecule has 0 aliphatic rings. The van der Waals surface area contributed by atoms with Crippen molar-refractivity contribution in [2.75, 3.05) is 4.90 Å². The fourth-order valence-electron chi connectivity index (χ4n) is 2.77. The van der Waals surface area contributed by atoms with Gasteiger partial charge in [-0.2, -0.15) is 0 Å². The van der Waals surface area contributed by atoms with E-state index in [0.29, 0.717) is 5.15 Å². The van der Waals surface area contributed by atoms with Gasteiger partial charge in [-0.25, -0.2) is 9.97 Å². The van der Waals surface area contributed by atoms with Gasteiger partial charge in [-0.05, 0) is 17.5 Å². The van der Waals surface area contributed by atoms with Crippen molar-refractivity contribution < 1.29 is 0 Å². The molecule has 1 aromatic heterocycles. The number of anilines is 1. The molecule has 0 saturated carbocycles. The van der Waals surface area contributed by atoms with Crippen molar-refractivity contribution in [2.24, 2.45) is 0 Å². The Bertz CT molecular complexity index is 734. The summed E-state index contributed by atoms with van der Waals surface area (Å²) in [6.45, 7) is 3.63. The number of halogens is 1. The molecule has 1 heterocycles. The molecule has 122 valence electrons. The van der Waals surface area contributed by atoms with Gasteiger partial charge in [0.05, 0.1) is 0 Å². The summed E-state index contributed by atoms with van der Waals surface area (Å²) in [7, 11) is 0. The van der Waals surface area contributed by atoms with Crippen LogP contribution < -0.4 is 4.90 Å². The molecule has 0 amide bonds. The van der Waals surface area contributed by atoms with E-state index in [0.717, 1.165) is 30.9 Å². The zero-order valence-electron chi connectivity index (χ0n) is 13.7. The van der Waals surface area contributed by atoms with Crippen LogP contribution in [0, 0.1) is 0 Å². The molecule has 3 rings (SSSR count). The number of nitrogens with zero attached hydrogens (tertiary/aromatic N) is 3. The maximum Gasteiger partial charge on any atom is 0.137 e. The van der Waals surface area contributed by atoms with E-state index in [2.05, 4.69) is 70.3 Å². The van der Waals surface area contributed by atoms with Crippen molar-refractivity contribution in [3.05, 3.63) is 88.8 Å². The first kappa shape index (κ1) is 16.5. The Morgan fingerprint density at radius 1 is 0.833 bits per heavy atom. The number of benzene rings is 2. The van der Waals surface area contributed by atoms with Crippen LogP contribution in [-0.2, 0) is 19.5 Å². The predicted molar refractivity (Wildman–Crippen MR) is 99.2 cm³/mol. The fourth-order valence-corrected chi connectivity index (χ4v) is 3.03. The molecule has 0 spiro atoms. The largest absolute Gasteiger partial charge is 0.348 e. The molecular weight excluding hydrogens is 318 g/mol. The standard InChI is InChI=1S/C20H20ClN3/c1-2-18-19(21)22-15-23-20(18)24(13-16-9-5-3-6-10-16)14-17-11-7-4-8-12-17/h3-12,15H,2,13-14H2,1H3. The molecule has 0 N–H and O–H groups in total. The summed E-state index contributed by atoms with van der Waals surface area (Å²) in [6, 6.07) is 20.8. The topological polar surface area (TPSA) is 29.0 Å². The van der Waals surface area contributed by atoms with Gasteiger partial charge >= 0.3 is 0 Å². The lowest BCUT2D eigenvalue weighted by molar-refractivity contribution is 0.770. The van der Waals surface area contributed by atoms with E-state index < -0.39 is 0 Å². The number of hydrogen-bond acceptors (Lipinski definition) is 3. The van der Waals surface area contributed by atoms with E-state index in [4.69, 9.17) is 11.6 Å². The maximum absolute atomic E-state index is 6.30. The molecule has 3 aromatic rings. The highest BCUT2D eigenvalue weighted by atomic mass is 35.5. The van der Waals surface area contributed by atoms with Crippen molar-refractivity contribution in [3.8, 4) is 0 Å². The van der Waals surface area contributed by atoms with E-state index in [9.17, 15) is 0 Å². The first-order chi connectivity index (χ1) is 11.8. The van der Waals surface area contributed by atoms with Crippen LogP contribution in [0.25, 0.3) is 0 Å². The van der Waals surface area contributed by atoms with Gasteiger partial charge < -0.3 is 4.90 Å². The molecule has 0 aliphatic carbocycles. The predicted octanol–water partition coefficient (Wildman–Crippen LogP) is 4.90. The summed E-state index contributed by atoms with van der Waals surface area (Å²) in [6.07, 6.45) is 2.34. The first-order valence-electron chi connectivity index (χ1n) is 8.10. The van der Waals surface area contributed by atoms with Gasteiger partial charge in [-0.15, -0.1) is 0 Å². The molecule has 0 atom stereocenters. The van der Waals surface area contributed by atoms with E-state index in [-0.39, 0.29) is 0 Å². The second-order valence-electron chi connectivity index (χ2n) is 5.65. The van der Waals surface area contributed by atoms with Gasteiger partial charge in [0, 0.05) is 18.7 Å². The Balaban J connectivity index is 1.97. The molecule has 0 unspecified atom stereocenters. The molecular formula is C20H20ClN3.